The fourth-order valence-corrected chi connectivity index (χ4v) is 5.42. The van der Waals surface area contributed by atoms with Gasteiger partial charge in [-0.25, -0.2) is 36.0 Å². The number of ether oxygens (including phenoxy) is 4. The van der Waals surface area contributed by atoms with Crippen molar-refractivity contribution < 1.29 is 64.1 Å². The summed E-state index contributed by atoms with van der Waals surface area (Å²) < 4.78 is 87.7. The molecule has 0 atom stereocenters. The van der Waals surface area contributed by atoms with E-state index in [-0.39, 0.29) is 71.7 Å². The Hall–Kier alpha value is -3.09. The molecule has 0 heterocycles. The van der Waals surface area contributed by atoms with Crippen molar-refractivity contribution in [2.45, 2.75) is 115 Å². The first-order valence-corrected chi connectivity index (χ1v) is 20.3. The van der Waals surface area contributed by atoms with Crippen LogP contribution in [0.4, 0.5) is 0 Å². The Balaban J connectivity index is 0.00000100. The maximum Gasteiger partial charge on any atom is 2.00 e. The fraction of sp³-hybridized carbons (Fsp3) is 0.556. The second-order valence-corrected chi connectivity index (χ2v) is 14.5. The first-order valence-electron chi connectivity index (χ1n) is 17.5. The molecule has 0 aliphatic rings. The number of hydrogen-bond donors (Lipinski definition) is 0. The third kappa shape index (κ3) is 19.2. The standard InChI is InChI=1S/2C18H26O7S.Mg/c2*1-3-5-7-11-24-17(19)15-10-9-14(26(21,22)23)13-16(15)18(20)25-12-8-6-4-2;/h2*9-10,13H,3-8,11-12H2,1-2H3,(H,21,22,23);/q;;+2/p-2. The van der Waals surface area contributed by atoms with Crippen molar-refractivity contribution in [3.05, 3.63) is 58.7 Å². The van der Waals surface area contributed by atoms with E-state index < -0.39 is 53.9 Å². The van der Waals surface area contributed by atoms with E-state index in [9.17, 15) is 45.1 Å². The number of esters is 4. The number of carbonyl (C=O) groups excluding carboxylic acids is 4. The maximum absolute atomic E-state index is 12.3. The average molecular weight is 795 g/mol. The van der Waals surface area contributed by atoms with Crippen molar-refractivity contribution in [2.75, 3.05) is 26.4 Å². The molecule has 0 aromatic heterocycles. The van der Waals surface area contributed by atoms with E-state index in [4.69, 9.17) is 18.9 Å². The van der Waals surface area contributed by atoms with Crippen molar-refractivity contribution >= 4 is 67.2 Å². The number of hydrogen-bond acceptors (Lipinski definition) is 14. The van der Waals surface area contributed by atoms with Gasteiger partial charge in [0.15, 0.2) is 0 Å². The van der Waals surface area contributed by atoms with Gasteiger partial charge < -0.3 is 28.1 Å². The third-order valence-corrected chi connectivity index (χ3v) is 9.03. The summed E-state index contributed by atoms with van der Waals surface area (Å²) in [6.45, 7) is 8.69. The Bertz CT molecular complexity index is 1550. The Morgan fingerprint density at radius 3 is 0.925 bits per heavy atom. The zero-order valence-corrected chi connectivity index (χ0v) is 34.1. The van der Waals surface area contributed by atoms with Crippen LogP contribution in [0.5, 0.6) is 0 Å². The van der Waals surface area contributed by atoms with E-state index in [1.54, 1.807) is 0 Å². The van der Waals surface area contributed by atoms with Crippen molar-refractivity contribution in [1.82, 2.24) is 0 Å². The number of carbonyl (C=O) groups is 4. The predicted molar refractivity (Wildman–Crippen MR) is 194 cm³/mol. The quantitative estimate of drug-likeness (QED) is 0.0427. The molecule has 0 amide bonds. The van der Waals surface area contributed by atoms with Gasteiger partial charge in [0.25, 0.3) is 0 Å². The zero-order valence-electron chi connectivity index (χ0n) is 31.0. The molecule has 14 nitrogen and oxygen atoms in total. The van der Waals surface area contributed by atoms with E-state index in [2.05, 4.69) is 0 Å². The van der Waals surface area contributed by atoms with Crippen LogP contribution >= 0.6 is 0 Å². The molecule has 292 valence electrons. The van der Waals surface area contributed by atoms with Crippen LogP contribution in [-0.4, -0.2) is 99.3 Å². The molecule has 0 aliphatic carbocycles. The summed E-state index contributed by atoms with van der Waals surface area (Å²) in [6, 6.07) is 5.92. The van der Waals surface area contributed by atoms with E-state index in [1.807, 2.05) is 27.7 Å². The first kappa shape index (κ1) is 49.9. The SMILES string of the molecule is CCCCCOC(=O)c1ccc(S(=O)(=O)[O-])cc1C(=O)OCCCCC.CCCCCOC(=O)c1ccc(S(=O)(=O)[O-])cc1C(=O)OCCCCC.[Mg+2]. The Kier molecular flexibility index (Phi) is 25.1. The molecule has 2 aromatic rings. The van der Waals surface area contributed by atoms with Crippen LogP contribution in [0.2, 0.25) is 0 Å². The van der Waals surface area contributed by atoms with Crippen LogP contribution in [0, 0.1) is 0 Å². The van der Waals surface area contributed by atoms with Gasteiger partial charge in [-0.05, 0) is 62.1 Å². The normalized spacial score (nSPS) is 11.0. The largest absolute Gasteiger partial charge is 2.00 e. The molecule has 0 radical (unpaired) electrons. The molecule has 17 heteroatoms. The van der Waals surface area contributed by atoms with Crippen molar-refractivity contribution in [1.29, 1.82) is 0 Å². The predicted octanol–water partition coefficient (Wildman–Crippen LogP) is 6.19. The second kappa shape index (κ2) is 26.6. The molecule has 0 N–H and O–H groups in total. The molecular formula is C36H50MgO14S2. The number of benzene rings is 2. The van der Waals surface area contributed by atoms with Crippen LogP contribution in [0.15, 0.2) is 46.2 Å². The molecular weight excluding hydrogens is 745 g/mol. The minimum absolute atomic E-state index is 0. The fourth-order valence-electron chi connectivity index (χ4n) is 4.43. The monoisotopic (exact) mass is 794 g/mol. The summed E-state index contributed by atoms with van der Waals surface area (Å²) in [5, 5.41) is 0. The first-order chi connectivity index (χ1) is 24.6. The van der Waals surface area contributed by atoms with Crippen molar-refractivity contribution in [2.24, 2.45) is 0 Å². The van der Waals surface area contributed by atoms with E-state index in [0.717, 1.165) is 87.8 Å². The minimum Gasteiger partial charge on any atom is -0.744 e. The van der Waals surface area contributed by atoms with Gasteiger partial charge in [-0.3, -0.25) is 0 Å². The molecule has 2 aromatic carbocycles. The van der Waals surface area contributed by atoms with Crippen molar-refractivity contribution in [3.63, 3.8) is 0 Å². The number of rotatable bonds is 22. The molecule has 0 unspecified atom stereocenters. The van der Waals surface area contributed by atoms with Crippen LogP contribution < -0.4 is 0 Å². The summed E-state index contributed by atoms with van der Waals surface area (Å²) in [7, 11) is -9.53. The Labute approximate surface area is 329 Å². The van der Waals surface area contributed by atoms with Gasteiger partial charge in [0.1, 0.15) is 20.2 Å². The Morgan fingerprint density at radius 1 is 0.453 bits per heavy atom. The van der Waals surface area contributed by atoms with Gasteiger partial charge in [-0.2, -0.15) is 0 Å². The van der Waals surface area contributed by atoms with Gasteiger partial charge in [0, 0.05) is 0 Å². The molecule has 0 saturated carbocycles. The summed E-state index contributed by atoms with van der Waals surface area (Å²) in [6.07, 6.45) is 10.0. The van der Waals surface area contributed by atoms with Crippen LogP contribution in [0.25, 0.3) is 0 Å². The Morgan fingerprint density at radius 2 is 0.698 bits per heavy atom. The summed E-state index contributed by atoms with van der Waals surface area (Å²) in [5.41, 5.74) is -0.790. The smallest absolute Gasteiger partial charge is 0.744 e. The third-order valence-electron chi connectivity index (χ3n) is 7.36. The van der Waals surface area contributed by atoms with Crippen LogP contribution in [-0.2, 0) is 39.2 Å². The van der Waals surface area contributed by atoms with E-state index >= 15 is 0 Å². The summed E-state index contributed by atoms with van der Waals surface area (Å²) >= 11 is 0. The van der Waals surface area contributed by atoms with Gasteiger partial charge in [0.2, 0.25) is 0 Å². The molecule has 2 rings (SSSR count). The van der Waals surface area contributed by atoms with Gasteiger partial charge >= 0.3 is 46.9 Å². The molecule has 0 saturated heterocycles. The van der Waals surface area contributed by atoms with Crippen LogP contribution in [0.1, 0.15) is 146 Å². The molecule has 53 heavy (non-hydrogen) atoms. The second-order valence-electron chi connectivity index (χ2n) is 11.7. The molecule has 0 bridgehead atoms. The summed E-state index contributed by atoms with van der Waals surface area (Å²) in [4.78, 5) is 47.8. The molecule has 0 fully saturated rings. The summed E-state index contributed by atoms with van der Waals surface area (Å²) in [5.74, 6) is -3.22. The van der Waals surface area contributed by atoms with Crippen molar-refractivity contribution in [3.8, 4) is 0 Å². The van der Waals surface area contributed by atoms with Gasteiger partial charge in [0.05, 0.1) is 58.5 Å². The van der Waals surface area contributed by atoms with E-state index in [0.29, 0.717) is 25.7 Å². The molecule has 0 spiro atoms. The minimum atomic E-state index is -4.76. The van der Waals surface area contributed by atoms with E-state index in [1.165, 1.54) is 0 Å². The zero-order chi connectivity index (χ0) is 39.2. The van der Waals surface area contributed by atoms with Gasteiger partial charge in [-0.15, -0.1) is 0 Å². The maximum atomic E-state index is 12.3. The van der Waals surface area contributed by atoms with Crippen LogP contribution in [0.3, 0.4) is 0 Å². The average Bonchev–Trinajstić information content (AvgIpc) is 3.11. The van der Waals surface area contributed by atoms with Gasteiger partial charge in [-0.1, -0.05) is 79.1 Å². The topological polar surface area (TPSA) is 220 Å². The molecule has 0 aliphatic heterocycles. The number of unbranched alkanes of at least 4 members (excludes halogenated alkanes) is 8.